The number of nitrogens with zero attached hydrogens (tertiary/aromatic N) is 5. The van der Waals surface area contributed by atoms with E-state index in [0.29, 0.717) is 0 Å². The Hall–Kier alpha value is -6.09. The van der Waals surface area contributed by atoms with E-state index in [1.165, 1.54) is 30.3 Å². The summed E-state index contributed by atoms with van der Waals surface area (Å²) in [5.74, 6) is -5.98. The Morgan fingerprint density at radius 1 is 1.26 bits per heavy atom. The second-order valence-corrected chi connectivity index (χ2v) is 11.4. The first-order chi connectivity index (χ1) is 22.2. The number of carbonyl (C=O) groups excluding carboxylic acids is 3. The summed E-state index contributed by atoms with van der Waals surface area (Å²) in [5, 5.41) is 44.5. The lowest BCUT2D eigenvalue weighted by Gasteiger charge is -2.19. The lowest BCUT2D eigenvalue weighted by Crippen LogP contribution is -2.46. The number of aromatic hydroxyl groups is 1. The molecule has 21 heteroatoms. The van der Waals surface area contributed by atoms with E-state index in [1.807, 2.05) is 0 Å². The second-order valence-electron chi connectivity index (χ2n) is 10.5. The summed E-state index contributed by atoms with van der Waals surface area (Å²) < 4.78 is 5.16. The minimum absolute atomic E-state index is 0.0576. The first-order valence-corrected chi connectivity index (χ1v) is 14.3. The first-order valence-electron chi connectivity index (χ1n) is 13.4. The number of nitrogens with one attached hydrogen (secondary N) is 3. The number of nitrogen functional groups attached to an aromatic ring is 1. The number of carbonyl (C=O) groups is 5. The van der Waals surface area contributed by atoms with Crippen LogP contribution in [-0.4, -0.2) is 101 Å². The normalized spacial score (nSPS) is 16.7. The molecule has 2 aliphatic heterocycles. The molecule has 1 saturated heterocycles. The van der Waals surface area contributed by atoms with Gasteiger partial charge in [-0.2, -0.15) is 0 Å². The fraction of sp³-hybridized carbons (Fsp3) is 0.269. The highest BCUT2D eigenvalue weighted by Crippen LogP contribution is 2.30. The van der Waals surface area contributed by atoms with Crippen LogP contribution in [0.15, 0.2) is 49.5 Å². The number of aliphatic carboxylic acids is 2. The molecule has 1 unspecified atom stereocenters. The van der Waals surface area contributed by atoms with Crippen LogP contribution in [-0.2, 0) is 35.4 Å². The molecule has 0 bridgehead atoms. The lowest BCUT2D eigenvalue weighted by molar-refractivity contribution is -0.161. The number of hydrazine groups is 1. The molecule has 2 aliphatic rings. The third-order valence-corrected chi connectivity index (χ3v) is 7.49. The van der Waals surface area contributed by atoms with Crippen LogP contribution in [0.2, 0.25) is 0 Å². The monoisotopic (exact) mass is 671 g/mol. The highest BCUT2D eigenvalue weighted by Gasteiger charge is 2.49. The van der Waals surface area contributed by atoms with Crippen molar-refractivity contribution < 1.29 is 48.7 Å². The summed E-state index contributed by atoms with van der Waals surface area (Å²) >= 11 is 0.967. The Bertz CT molecular complexity index is 1930. The van der Waals surface area contributed by atoms with Gasteiger partial charge in [0.1, 0.15) is 17.4 Å². The van der Waals surface area contributed by atoms with E-state index in [4.69, 9.17) is 15.1 Å². The number of nitrogens with two attached hydrogens (primary N) is 1. The van der Waals surface area contributed by atoms with Gasteiger partial charge < -0.3 is 46.0 Å². The van der Waals surface area contributed by atoms with Gasteiger partial charge in [-0.05, 0) is 13.8 Å². The summed E-state index contributed by atoms with van der Waals surface area (Å²) in [5.41, 5.74) is 2.21. The predicted octanol–water partition coefficient (Wildman–Crippen LogP) is -1.43. The molecule has 3 aromatic rings. The van der Waals surface area contributed by atoms with Gasteiger partial charge in [-0.1, -0.05) is 10.3 Å². The van der Waals surface area contributed by atoms with E-state index < -0.39 is 63.9 Å². The molecule has 0 saturated carbocycles. The number of amides is 3. The van der Waals surface area contributed by atoms with Crippen LogP contribution >= 0.6 is 11.3 Å². The molecule has 1 fully saturated rings. The molecule has 47 heavy (non-hydrogen) atoms. The minimum Gasteiger partial charge on any atom is -0.503 e. The van der Waals surface area contributed by atoms with Crippen molar-refractivity contribution in [1.29, 1.82) is 0 Å². The smallest absolute Gasteiger partial charge is 0.354 e. The fourth-order valence-corrected chi connectivity index (χ4v) is 4.92. The SMILES string of the molecule is CC(C)(ON=C(C(=O)NC1CN2CC(C(=O)NCc3cc(-c4cc(=O)c(O)c[nH]4)no3)=C(C(=O)O)N2C1=O)c1csc(N)n1)C(=O)O. The van der Waals surface area contributed by atoms with Crippen LogP contribution in [0.4, 0.5) is 5.13 Å². The molecule has 0 aliphatic carbocycles. The van der Waals surface area contributed by atoms with Gasteiger partial charge in [-0.25, -0.2) is 24.6 Å². The summed E-state index contributed by atoms with van der Waals surface area (Å²) in [6.07, 6.45) is 1.08. The molecule has 0 aromatic carbocycles. The number of aromatic amines is 1. The maximum Gasteiger partial charge on any atom is 0.354 e. The third kappa shape index (κ3) is 6.50. The number of hydrogen-bond acceptors (Lipinski definition) is 15. The van der Waals surface area contributed by atoms with Crippen LogP contribution in [0.25, 0.3) is 11.4 Å². The molecule has 5 rings (SSSR count). The highest BCUT2D eigenvalue weighted by atomic mass is 32.1. The van der Waals surface area contributed by atoms with Gasteiger partial charge in [-0.15, -0.1) is 11.3 Å². The zero-order valence-corrected chi connectivity index (χ0v) is 25.2. The van der Waals surface area contributed by atoms with Gasteiger partial charge in [0.2, 0.25) is 11.0 Å². The Morgan fingerprint density at radius 2 is 2.00 bits per heavy atom. The van der Waals surface area contributed by atoms with E-state index in [0.717, 1.165) is 28.6 Å². The quantitative estimate of drug-likeness (QED) is 0.0908. The van der Waals surface area contributed by atoms with Gasteiger partial charge in [0, 0.05) is 30.3 Å². The number of fused-ring (bicyclic) bond motifs is 1. The molecular weight excluding hydrogens is 646 g/mol. The number of anilines is 1. The maximum atomic E-state index is 13.3. The number of H-pyrrole nitrogens is 1. The largest absolute Gasteiger partial charge is 0.503 e. The molecule has 1 atom stereocenters. The molecule has 3 amide bonds. The van der Waals surface area contributed by atoms with Gasteiger partial charge in [0.05, 0.1) is 24.4 Å². The zero-order chi connectivity index (χ0) is 34.2. The van der Waals surface area contributed by atoms with Crippen molar-refractivity contribution in [3.8, 4) is 17.1 Å². The third-order valence-electron chi connectivity index (χ3n) is 6.81. The van der Waals surface area contributed by atoms with E-state index in [-0.39, 0.29) is 53.2 Å². The minimum atomic E-state index is -1.83. The van der Waals surface area contributed by atoms with Crippen molar-refractivity contribution in [2.45, 2.75) is 32.0 Å². The Morgan fingerprint density at radius 3 is 2.64 bits per heavy atom. The molecule has 5 heterocycles. The molecular formula is C26H25N9O11S. The van der Waals surface area contributed by atoms with E-state index in [9.17, 15) is 44.1 Å². The second kappa shape index (κ2) is 12.4. The Labute approximate surface area is 266 Å². The van der Waals surface area contributed by atoms with E-state index in [2.05, 4.69) is 30.9 Å². The number of carboxylic acids is 2. The molecule has 20 nitrogen and oxygen atoms in total. The summed E-state index contributed by atoms with van der Waals surface area (Å²) in [6.45, 7) is 1.62. The average Bonchev–Trinajstić information content (AvgIpc) is 3.79. The first kappa shape index (κ1) is 32.3. The summed E-state index contributed by atoms with van der Waals surface area (Å²) in [6, 6.07) is 1.21. The standard InChI is InChI=1S/C26H25N9O11S/c1-26(2,24(43)44)46-33-18(15-9-47-25(27)31-15)21(39)30-14-8-34-7-11(19(23(41)42)35(34)22(14)40)20(38)29-5-10-3-13(32-45-10)12-4-16(36)17(37)6-28-12/h3-4,6,9,14,37H,5,7-8H2,1-2H3,(H2,27,31)(H,28,36)(H,29,38)(H,30,39)(H,41,42)(H,43,44). The number of oxime groups is 1. The van der Waals surface area contributed by atoms with Crippen molar-refractivity contribution >= 4 is 51.8 Å². The molecule has 0 radical (unpaired) electrons. The van der Waals surface area contributed by atoms with Crippen LogP contribution in [0, 0.1) is 0 Å². The molecule has 3 aromatic heterocycles. The van der Waals surface area contributed by atoms with Gasteiger partial charge in [-0.3, -0.25) is 19.2 Å². The Balaban J connectivity index is 1.29. The number of pyridine rings is 1. The topological polar surface area (TPSA) is 296 Å². The number of carboxylic acid groups (broad SMARTS) is 2. The van der Waals surface area contributed by atoms with Gasteiger partial charge in [0.25, 0.3) is 17.7 Å². The van der Waals surface area contributed by atoms with Crippen molar-refractivity contribution in [1.82, 2.24) is 35.8 Å². The van der Waals surface area contributed by atoms with Crippen LogP contribution in [0.1, 0.15) is 25.3 Å². The number of hydrogen-bond donors (Lipinski definition) is 7. The predicted molar refractivity (Wildman–Crippen MR) is 157 cm³/mol. The number of aromatic nitrogens is 3. The van der Waals surface area contributed by atoms with Crippen LogP contribution < -0.4 is 21.8 Å². The van der Waals surface area contributed by atoms with Crippen molar-refractivity contribution in [3.63, 3.8) is 0 Å². The number of thiazole rings is 1. The van der Waals surface area contributed by atoms with Crippen molar-refractivity contribution in [3.05, 3.63) is 56.7 Å². The van der Waals surface area contributed by atoms with E-state index >= 15 is 0 Å². The summed E-state index contributed by atoms with van der Waals surface area (Å²) in [4.78, 5) is 86.6. The lowest BCUT2D eigenvalue weighted by atomic mass is 10.1. The highest BCUT2D eigenvalue weighted by molar-refractivity contribution is 7.13. The maximum absolute atomic E-state index is 13.3. The molecule has 8 N–H and O–H groups in total. The zero-order valence-electron chi connectivity index (χ0n) is 24.3. The fourth-order valence-electron chi connectivity index (χ4n) is 4.37. The van der Waals surface area contributed by atoms with Crippen LogP contribution in [0.5, 0.6) is 5.75 Å². The Kier molecular flexibility index (Phi) is 8.50. The number of rotatable bonds is 11. The van der Waals surface area contributed by atoms with E-state index in [1.54, 1.807) is 0 Å². The summed E-state index contributed by atoms with van der Waals surface area (Å²) in [7, 11) is 0. The molecule has 246 valence electrons. The van der Waals surface area contributed by atoms with Crippen molar-refractivity contribution in [2.75, 3.05) is 18.8 Å². The van der Waals surface area contributed by atoms with Gasteiger partial charge >= 0.3 is 11.9 Å². The average molecular weight is 672 g/mol. The van der Waals surface area contributed by atoms with Crippen molar-refractivity contribution in [2.24, 2.45) is 5.16 Å². The van der Waals surface area contributed by atoms with Gasteiger partial charge in [0.15, 0.2) is 28.1 Å². The van der Waals surface area contributed by atoms with Crippen LogP contribution in [0.3, 0.4) is 0 Å². The molecule has 0 spiro atoms.